The number of halogens is 3. The molecule has 0 atom stereocenters. The Balaban J connectivity index is 1.80. The number of fused-ring (bicyclic) bond motifs is 1. The Kier molecular flexibility index (Phi) is 4.50. The smallest absolute Gasteiger partial charge is 0.320 e. The van der Waals surface area contributed by atoms with E-state index < -0.39 is 17.6 Å². The third-order valence-electron chi connectivity index (χ3n) is 4.33. The van der Waals surface area contributed by atoms with Crippen LogP contribution in [0.4, 0.5) is 18.9 Å². The highest BCUT2D eigenvalue weighted by molar-refractivity contribution is 6.13. The van der Waals surface area contributed by atoms with Crippen LogP contribution in [0.2, 0.25) is 0 Å². The minimum atomic E-state index is -4.56. The van der Waals surface area contributed by atoms with Gasteiger partial charge in [-0.1, -0.05) is 18.2 Å². The van der Waals surface area contributed by atoms with Gasteiger partial charge >= 0.3 is 6.18 Å². The standard InChI is InChI=1S/C20H14F3N5O/c1-12-8-15(14-4-2-3-5-16(14)26-12)19(29)27-17-9-13(20(21,22)23)6-7-18(17)28-11-24-10-25-28/h2-11H,1H3,(H,27,29). The van der Waals surface area contributed by atoms with Gasteiger partial charge in [-0.2, -0.15) is 18.3 Å². The van der Waals surface area contributed by atoms with Crippen molar-refractivity contribution in [1.29, 1.82) is 0 Å². The number of hydrogen-bond acceptors (Lipinski definition) is 4. The first-order valence-electron chi connectivity index (χ1n) is 8.57. The van der Waals surface area contributed by atoms with Crippen LogP contribution in [-0.2, 0) is 6.18 Å². The van der Waals surface area contributed by atoms with Gasteiger partial charge in [0.1, 0.15) is 12.7 Å². The fourth-order valence-electron chi connectivity index (χ4n) is 3.03. The molecule has 0 saturated carbocycles. The first-order valence-corrected chi connectivity index (χ1v) is 8.57. The number of carbonyl (C=O) groups is 1. The molecule has 0 fully saturated rings. The van der Waals surface area contributed by atoms with Crippen molar-refractivity contribution < 1.29 is 18.0 Å². The van der Waals surface area contributed by atoms with Crippen LogP contribution in [0.1, 0.15) is 21.6 Å². The summed E-state index contributed by atoms with van der Waals surface area (Å²) in [6.45, 7) is 1.74. The largest absolute Gasteiger partial charge is 0.416 e. The average Bonchev–Trinajstić information content (AvgIpc) is 3.21. The van der Waals surface area contributed by atoms with Gasteiger partial charge in [0, 0.05) is 11.1 Å². The fourth-order valence-corrected chi connectivity index (χ4v) is 3.03. The van der Waals surface area contributed by atoms with Gasteiger partial charge in [-0.25, -0.2) is 9.67 Å². The van der Waals surface area contributed by atoms with Crippen molar-refractivity contribution in [2.75, 3.05) is 5.32 Å². The van der Waals surface area contributed by atoms with Crippen LogP contribution < -0.4 is 5.32 Å². The van der Waals surface area contributed by atoms with Crippen molar-refractivity contribution in [3.8, 4) is 5.69 Å². The van der Waals surface area contributed by atoms with Gasteiger partial charge in [0.05, 0.1) is 28.0 Å². The molecule has 0 saturated heterocycles. The predicted octanol–water partition coefficient (Wildman–Crippen LogP) is 4.40. The summed E-state index contributed by atoms with van der Waals surface area (Å²) in [6, 6.07) is 11.7. The topological polar surface area (TPSA) is 72.7 Å². The van der Waals surface area contributed by atoms with Crippen molar-refractivity contribution in [1.82, 2.24) is 19.7 Å². The number of hydrogen-bond donors (Lipinski definition) is 1. The summed E-state index contributed by atoms with van der Waals surface area (Å²) in [5.74, 6) is -0.549. The van der Waals surface area contributed by atoms with E-state index in [1.807, 2.05) is 0 Å². The molecule has 0 radical (unpaired) electrons. The van der Waals surface area contributed by atoms with Gasteiger partial charge in [-0.15, -0.1) is 0 Å². The molecule has 29 heavy (non-hydrogen) atoms. The average molecular weight is 397 g/mol. The van der Waals surface area contributed by atoms with Gasteiger partial charge in [0.25, 0.3) is 5.91 Å². The summed E-state index contributed by atoms with van der Waals surface area (Å²) in [5, 5.41) is 7.14. The summed E-state index contributed by atoms with van der Waals surface area (Å²) in [4.78, 5) is 21.2. The van der Waals surface area contributed by atoms with E-state index in [1.165, 1.54) is 23.4 Å². The summed E-state index contributed by atoms with van der Waals surface area (Å²) < 4.78 is 40.9. The molecule has 4 aromatic rings. The van der Waals surface area contributed by atoms with Gasteiger partial charge in [0.15, 0.2) is 0 Å². The Morgan fingerprint density at radius 1 is 1.10 bits per heavy atom. The van der Waals surface area contributed by atoms with E-state index >= 15 is 0 Å². The molecular weight excluding hydrogens is 383 g/mol. The number of aromatic nitrogens is 4. The van der Waals surface area contributed by atoms with Crippen LogP contribution >= 0.6 is 0 Å². The maximum Gasteiger partial charge on any atom is 0.416 e. The zero-order valence-corrected chi connectivity index (χ0v) is 15.1. The molecule has 0 bridgehead atoms. The molecule has 9 heteroatoms. The lowest BCUT2D eigenvalue weighted by atomic mass is 10.1. The number of nitrogens with one attached hydrogen (secondary N) is 1. The molecule has 0 aliphatic rings. The minimum Gasteiger partial charge on any atom is -0.320 e. The Labute approximate surface area is 163 Å². The monoisotopic (exact) mass is 397 g/mol. The highest BCUT2D eigenvalue weighted by atomic mass is 19.4. The number of carbonyl (C=O) groups excluding carboxylic acids is 1. The van der Waals surface area contributed by atoms with E-state index in [4.69, 9.17) is 0 Å². The highest BCUT2D eigenvalue weighted by Gasteiger charge is 2.31. The van der Waals surface area contributed by atoms with Gasteiger partial charge < -0.3 is 5.32 Å². The molecule has 6 nitrogen and oxygen atoms in total. The number of benzene rings is 2. The lowest BCUT2D eigenvalue weighted by Crippen LogP contribution is -2.16. The molecule has 0 aliphatic carbocycles. The third-order valence-corrected chi connectivity index (χ3v) is 4.33. The molecule has 2 aromatic heterocycles. The Hall–Kier alpha value is -3.75. The first-order chi connectivity index (χ1) is 13.8. The SMILES string of the molecule is Cc1cc(C(=O)Nc2cc(C(F)(F)F)ccc2-n2cncn2)c2ccccc2n1. The number of aryl methyl sites for hydroxylation is 1. The number of anilines is 1. The second-order valence-corrected chi connectivity index (χ2v) is 6.35. The number of nitrogens with zero attached hydrogens (tertiary/aromatic N) is 4. The van der Waals surface area contributed by atoms with Crippen LogP contribution in [0.5, 0.6) is 0 Å². The Morgan fingerprint density at radius 3 is 2.62 bits per heavy atom. The lowest BCUT2D eigenvalue weighted by molar-refractivity contribution is -0.137. The molecule has 0 aliphatic heterocycles. The van der Waals surface area contributed by atoms with E-state index in [9.17, 15) is 18.0 Å². The van der Waals surface area contributed by atoms with E-state index in [1.54, 1.807) is 37.3 Å². The van der Waals surface area contributed by atoms with Gasteiger partial charge in [-0.05, 0) is 37.3 Å². The molecule has 0 spiro atoms. The predicted molar refractivity (Wildman–Crippen MR) is 101 cm³/mol. The van der Waals surface area contributed by atoms with Gasteiger partial charge in [0.2, 0.25) is 0 Å². The summed E-state index contributed by atoms with van der Waals surface area (Å²) in [6.07, 6.45) is -1.96. The zero-order chi connectivity index (χ0) is 20.6. The summed E-state index contributed by atoms with van der Waals surface area (Å²) in [5.41, 5.74) is 0.905. The van der Waals surface area contributed by atoms with E-state index in [-0.39, 0.29) is 11.4 Å². The summed E-state index contributed by atoms with van der Waals surface area (Å²) in [7, 11) is 0. The van der Waals surface area contributed by atoms with Crippen molar-refractivity contribution >= 4 is 22.5 Å². The highest BCUT2D eigenvalue weighted by Crippen LogP contribution is 2.33. The number of para-hydroxylation sites is 1. The molecule has 1 amide bonds. The van der Waals surface area contributed by atoms with Crippen LogP contribution in [0.3, 0.4) is 0 Å². The number of pyridine rings is 1. The lowest BCUT2D eigenvalue weighted by Gasteiger charge is -2.15. The van der Waals surface area contributed by atoms with Crippen LogP contribution in [0.25, 0.3) is 16.6 Å². The molecule has 2 heterocycles. The van der Waals surface area contributed by atoms with Gasteiger partial charge in [-0.3, -0.25) is 9.78 Å². The van der Waals surface area contributed by atoms with Crippen molar-refractivity contribution in [3.05, 3.63) is 78.0 Å². The van der Waals surface area contributed by atoms with Crippen LogP contribution in [0.15, 0.2) is 61.2 Å². The van der Waals surface area contributed by atoms with Crippen molar-refractivity contribution in [2.45, 2.75) is 13.1 Å². The van der Waals surface area contributed by atoms with Crippen molar-refractivity contribution in [3.63, 3.8) is 0 Å². The van der Waals surface area contributed by atoms with Crippen LogP contribution in [-0.4, -0.2) is 25.7 Å². The van der Waals surface area contributed by atoms with E-state index in [2.05, 4.69) is 20.4 Å². The Morgan fingerprint density at radius 2 is 1.90 bits per heavy atom. The molecular formula is C20H14F3N5O. The zero-order valence-electron chi connectivity index (χ0n) is 15.1. The second kappa shape index (κ2) is 7.01. The molecule has 146 valence electrons. The molecule has 4 rings (SSSR count). The van der Waals surface area contributed by atoms with E-state index in [0.717, 1.165) is 12.1 Å². The fraction of sp³-hybridized carbons (Fsp3) is 0.100. The van der Waals surface area contributed by atoms with Crippen LogP contribution in [0, 0.1) is 6.92 Å². The number of rotatable bonds is 3. The maximum atomic E-state index is 13.2. The second-order valence-electron chi connectivity index (χ2n) is 6.35. The molecule has 2 aromatic carbocycles. The number of amides is 1. The Bertz CT molecular complexity index is 1200. The normalized spacial score (nSPS) is 11.6. The minimum absolute atomic E-state index is 0.0335. The molecule has 0 unspecified atom stereocenters. The summed E-state index contributed by atoms with van der Waals surface area (Å²) >= 11 is 0. The maximum absolute atomic E-state index is 13.2. The first kappa shape index (κ1) is 18.6. The number of alkyl halides is 3. The third kappa shape index (κ3) is 3.66. The molecule has 1 N–H and O–H groups in total. The van der Waals surface area contributed by atoms with E-state index in [0.29, 0.717) is 22.2 Å². The quantitative estimate of drug-likeness (QED) is 0.556. The van der Waals surface area contributed by atoms with Crippen molar-refractivity contribution in [2.24, 2.45) is 0 Å².